The Bertz CT molecular complexity index is 227. The standard InChI is InChI=1S/C6H7N3O2/c7-9(8-10)11-6-4-2-1-3-5-6/h1-5H,7H2. The predicted octanol–water partition coefficient (Wildman–Crippen LogP) is 0.838. The fraction of sp³-hybridized carbons (Fsp3) is 0. The lowest BCUT2D eigenvalue weighted by molar-refractivity contribution is -0.0609. The summed E-state index contributed by atoms with van der Waals surface area (Å²) in [6, 6.07) is 8.65. The van der Waals surface area contributed by atoms with Gasteiger partial charge in [-0.1, -0.05) is 18.2 Å². The maximum atomic E-state index is 9.74. The molecule has 0 heterocycles. The third kappa shape index (κ3) is 2.23. The van der Waals surface area contributed by atoms with Gasteiger partial charge in [0.2, 0.25) is 0 Å². The van der Waals surface area contributed by atoms with Crippen LogP contribution in [-0.2, 0) is 0 Å². The molecule has 0 saturated heterocycles. The van der Waals surface area contributed by atoms with Gasteiger partial charge in [-0.15, -0.1) is 4.91 Å². The summed E-state index contributed by atoms with van der Waals surface area (Å²) in [7, 11) is 0. The molecule has 5 heteroatoms. The Morgan fingerprint density at radius 3 is 2.55 bits per heavy atom. The molecule has 0 radical (unpaired) electrons. The smallest absolute Gasteiger partial charge is 0.159 e. The largest absolute Gasteiger partial charge is 0.345 e. The molecule has 1 aromatic rings. The van der Waals surface area contributed by atoms with Crippen molar-refractivity contribution in [3.63, 3.8) is 0 Å². The summed E-state index contributed by atoms with van der Waals surface area (Å²) in [6.45, 7) is 0. The highest BCUT2D eigenvalue weighted by Gasteiger charge is 1.95. The second-order valence-electron chi connectivity index (χ2n) is 1.79. The first-order valence-corrected chi connectivity index (χ1v) is 2.94. The summed E-state index contributed by atoms with van der Waals surface area (Å²) in [5.41, 5.74) is 0. The summed E-state index contributed by atoms with van der Waals surface area (Å²) in [5, 5.41) is 2.68. The van der Waals surface area contributed by atoms with Crippen molar-refractivity contribution in [3.05, 3.63) is 35.2 Å². The highest BCUT2D eigenvalue weighted by atomic mass is 16.8. The van der Waals surface area contributed by atoms with Crippen molar-refractivity contribution < 1.29 is 4.84 Å². The molecule has 0 saturated carbocycles. The molecule has 0 spiro atoms. The van der Waals surface area contributed by atoms with E-state index in [0.29, 0.717) is 11.0 Å². The van der Waals surface area contributed by atoms with Crippen molar-refractivity contribution in [1.29, 1.82) is 0 Å². The molecule has 0 unspecified atom stereocenters. The van der Waals surface area contributed by atoms with Crippen molar-refractivity contribution in [2.24, 2.45) is 11.1 Å². The van der Waals surface area contributed by atoms with Gasteiger partial charge < -0.3 is 4.84 Å². The second kappa shape index (κ2) is 3.52. The molecular weight excluding hydrogens is 146 g/mol. The van der Waals surface area contributed by atoms with E-state index in [4.69, 9.17) is 10.7 Å². The highest BCUT2D eigenvalue weighted by Crippen LogP contribution is 2.08. The zero-order valence-corrected chi connectivity index (χ0v) is 5.68. The molecule has 0 aliphatic heterocycles. The Hall–Kier alpha value is -1.62. The van der Waals surface area contributed by atoms with Crippen LogP contribution in [0.15, 0.2) is 35.6 Å². The summed E-state index contributed by atoms with van der Waals surface area (Å²) in [4.78, 5) is 14.4. The molecule has 1 aromatic carbocycles. The van der Waals surface area contributed by atoms with Gasteiger partial charge >= 0.3 is 0 Å². The maximum Gasteiger partial charge on any atom is 0.159 e. The summed E-state index contributed by atoms with van der Waals surface area (Å²) in [6.07, 6.45) is 0. The van der Waals surface area contributed by atoms with E-state index < -0.39 is 0 Å². The molecule has 5 nitrogen and oxygen atoms in total. The number of nitroso groups, excluding NO2 is 1. The van der Waals surface area contributed by atoms with Gasteiger partial charge in [0, 0.05) is 0 Å². The van der Waals surface area contributed by atoms with Crippen LogP contribution in [0.5, 0.6) is 5.75 Å². The van der Waals surface area contributed by atoms with Crippen molar-refractivity contribution in [3.8, 4) is 5.75 Å². The Labute approximate surface area is 63.2 Å². The van der Waals surface area contributed by atoms with E-state index in [9.17, 15) is 4.91 Å². The van der Waals surface area contributed by atoms with Gasteiger partial charge in [0.05, 0.1) is 0 Å². The number of benzene rings is 1. The lowest BCUT2D eigenvalue weighted by Crippen LogP contribution is -2.27. The van der Waals surface area contributed by atoms with Crippen LogP contribution in [0.2, 0.25) is 0 Å². The molecule has 0 atom stereocenters. The first-order valence-electron chi connectivity index (χ1n) is 2.94. The van der Waals surface area contributed by atoms with Crippen molar-refractivity contribution >= 4 is 0 Å². The van der Waals surface area contributed by atoms with Crippen LogP contribution in [0.25, 0.3) is 0 Å². The van der Waals surface area contributed by atoms with Gasteiger partial charge in [0.1, 0.15) is 5.29 Å². The minimum atomic E-state index is 0.356. The Morgan fingerprint density at radius 1 is 1.36 bits per heavy atom. The molecule has 1 rings (SSSR count). The van der Waals surface area contributed by atoms with Gasteiger partial charge in [0.15, 0.2) is 5.75 Å². The summed E-state index contributed by atoms with van der Waals surface area (Å²) >= 11 is 0. The Balaban J connectivity index is 2.57. The average Bonchev–Trinajstić information content (AvgIpc) is 2.06. The molecule has 0 aromatic heterocycles. The minimum absolute atomic E-state index is 0.356. The van der Waals surface area contributed by atoms with E-state index in [-0.39, 0.29) is 0 Å². The molecule has 0 fully saturated rings. The van der Waals surface area contributed by atoms with Crippen LogP contribution < -0.4 is 10.7 Å². The van der Waals surface area contributed by atoms with Crippen molar-refractivity contribution in [2.75, 3.05) is 0 Å². The fourth-order valence-electron chi connectivity index (χ4n) is 0.606. The van der Waals surface area contributed by atoms with E-state index in [0.717, 1.165) is 0 Å². The summed E-state index contributed by atoms with van der Waals surface area (Å²) < 4.78 is 0. The number of rotatable bonds is 3. The zero-order chi connectivity index (χ0) is 8.10. The molecule has 0 aliphatic carbocycles. The predicted molar refractivity (Wildman–Crippen MR) is 38.9 cm³/mol. The van der Waals surface area contributed by atoms with E-state index in [2.05, 4.69) is 5.29 Å². The molecule has 0 aliphatic rings. The zero-order valence-electron chi connectivity index (χ0n) is 5.68. The van der Waals surface area contributed by atoms with E-state index in [1.807, 2.05) is 6.07 Å². The van der Waals surface area contributed by atoms with Gasteiger partial charge in [0.25, 0.3) is 0 Å². The number of nitrogens with zero attached hydrogens (tertiary/aromatic N) is 2. The molecular formula is C6H7N3O2. The van der Waals surface area contributed by atoms with Gasteiger partial charge in [-0.3, -0.25) is 0 Å². The first kappa shape index (κ1) is 7.49. The maximum absolute atomic E-state index is 9.74. The third-order valence-electron chi connectivity index (χ3n) is 1.02. The molecule has 0 bridgehead atoms. The molecule has 11 heavy (non-hydrogen) atoms. The molecule has 0 amide bonds. The van der Waals surface area contributed by atoms with Crippen molar-refractivity contribution in [1.82, 2.24) is 5.28 Å². The number of hydrazine groups is 1. The van der Waals surface area contributed by atoms with Gasteiger partial charge in [-0.2, -0.15) is 5.84 Å². The summed E-state index contributed by atoms with van der Waals surface area (Å²) in [5.74, 6) is 5.40. The Morgan fingerprint density at radius 2 is 2.00 bits per heavy atom. The first-order chi connectivity index (χ1) is 5.33. The normalized spacial score (nSPS) is 8.82. The minimum Gasteiger partial charge on any atom is -0.345 e. The quantitative estimate of drug-likeness (QED) is 0.397. The highest BCUT2D eigenvalue weighted by molar-refractivity contribution is 5.20. The van der Waals surface area contributed by atoms with Gasteiger partial charge in [-0.05, 0) is 17.4 Å². The molecule has 58 valence electrons. The lowest BCUT2D eigenvalue weighted by atomic mass is 10.3. The fourth-order valence-corrected chi connectivity index (χ4v) is 0.606. The number of nitrogens with two attached hydrogens (primary N) is 1. The number of hydrogen-bond acceptors (Lipinski definition) is 4. The van der Waals surface area contributed by atoms with Crippen LogP contribution >= 0.6 is 0 Å². The van der Waals surface area contributed by atoms with E-state index in [1.165, 1.54) is 0 Å². The SMILES string of the molecule is NN(N=O)Oc1ccccc1. The third-order valence-corrected chi connectivity index (χ3v) is 1.02. The second-order valence-corrected chi connectivity index (χ2v) is 1.79. The van der Waals surface area contributed by atoms with Crippen LogP contribution in [0.3, 0.4) is 0 Å². The van der Waals surface area contributed by atoms with E-state index >= 15 is 0 Å². The van der Waals surface area contributed by atoms with Crippen LogP contribution in [-0.4, -0.2) is 5.28 Å². The topological polar surface area (TPSA) is 67.9 Å². The number of hydrogen-bond donors (Lipinski definition) is 1. The van der Waals surface area contributed by atoms with Crippen LogP contribution in [0.1, 0.15) is 0 Å². The van der Waals surface area contributed by atoms with Crippen LogP contribution in [0, 0.1) is 4.91 Å². The van der Waals surface area contributed by atoms with E-state index in [1.54, 1.807) is 24.3 Å². The van der Waals surface area contributed by atoms with Gasteiger partial charge in [-0.25, -0.2) is 0 Å². The Kier molecular flexibility index (Phi) is 2.40. The average molecular weight is 153 g/mol. The van der Waals surface area contributed by atoms with Crippen LogP contribution in [0.4, 0.5) is 0 Å². The van der Waals surface area contributed by atoms with Crippen molar-refractivity contribution in [2.45, 2.75) is 0 Å². The molecule has 2 N–H and O–H groups in total. The number of para-hydroxylation sites is 1. The lowest BCUT2D eigenvalue weighted by Gasteiger charge is -2.07. The monoisotopic (exact) mass is 153 g/mol.